The summed E-state index contributed by atoms with van der Waals surface area (Å²) in [4.78, 5) is 49.3. The molecule has 0 spiro atoms. The lowest BCUT2D eigenvalue weighted by Crippen LogP contribution is -2.24. The number of hydrogen-bond acceptors (Lipinski definition) is 10. The molecule has 1 atom stereocenters. The molecule has 0 aromatic heterocycles. The minimum atomic E-state index is -1.08. The molecule has 0 aliphatic rings. The van der Waals surface area contributed by atoms with Gasteiger partial charge in [-0.25, -0.2) is 0 Å². The second-order valence-electron chi connectivity index (χ2n) is 4.70. The van der Waals surface area contributed by atoms with E-state index in [4.69, 9.17) is 0 Å². The first-order valence-electron chi connectivity index (χ1n) is 7.59. The summed E-state index contributed by atoms with van der Waals surface area (Å²) in [6.45, 7) is 2.97. The summed E-state index contributed by atoms with van der Waals surface area (Å²) >= 11 is 0. The van der Waals surface area contributed by atoms with Crippen molar-refractivity contribution in [2.45, 2.75) is 44.6 Å². The third kappa shape index (κ3) is 19.1. The van der Waals surface area contributed by atoms with Crippen LogP contribution >= 0.6 is 0 Å². The Labute approximate surface area is 150 Å². The van der Waals surface area contributed by atoms with Gasteiger partial charge in [0.1, 0.15) is 12.7 Å². The molecule has 0 saturated heterocycles. The molecule has 1 unspecified atom stereocenters. The molecule has 0 aliphatic heterocycles. The Morgan fingerprint density at radius 2 is 1.58 bits per heavy atom. The highest BCUT2D eigenvalue weighted by molar-refractivity contribution is 5.69. The monoisotopic (exact) mass is 380 g/mol. The quantitative estimate of drug-likeness (QED) is 0.151. The van der Waals surface area contributed by atoms with Crippen molar-refractivity contribution in [1.82, 2.24) is 0 Å². The number of carbonyl (C=O) groups excluding carboxylic acids is 2. The molecule has 0 aliphatic carbocycles. The van der Waals surface area contributed by atoms with Crippen LogP contribution in [0.5, 0.6) is 0 Å². The van der Waals surface area contributed by atoms with Crippen LogP contribution in [0.15, 0.2) is 12.7 Å². The molecular formula is C14H24N2O10. The lowest BCUT2D eigenvalue weighted by Gasteiger charge is -2.12. The van der Waals surface area contributed by atoms with Gasteiger partial charge in [-0.1, -0.05) is 6.08 Å². The second-order valence-corrected chi connectivity index (χ2v) is 4.70. The second kappa shape index (κ2) is 16.9. The van der Waals surface area contributed by atoms with Crippen molar-refractivity contribution in [3.05, 3.63) is 32.9 Å². The number of unbranched alkanes of at least 4 members (excludes halogenated alkanes) is 1. The molecule has 0 radical (unpaired) electrons. The van der Waals surface area contributed by atoms with E-state index in [0.717, 1.165) is 12.8 Å². The van der Waals surface area contributed by atoms with Crippen LogP contribution in [-0.4, -0.2) is 49.0 Å². The summed E-state index contributed by atoms with van der Waals surface area (Å²) in [6, 6.07) is 0. The van der Waals surface area contributed by atoms with Crippen LogP contribution in [-0.2, 0) is 28.7 Å². The average Bonchev–Trinajstić information content (AvgIpc) is 2.59. The first kappa shape index (κ1) is 25.3. The number of nitrogens with zero attached hydrogens (tertiary/aromatic N) is 2. The minimum absolute atomic E-state index is 0.0482. The molecule has 0 saturated carbocycles. The van der Waals surface area contributed by atoms with E-state index in [0.29, 0.717) is 6.42 Å². The predicted octanol–water partition coefficient (Wildman–Crippen LogP) is 1.63. The van der Waals surface area contributed by atoms with Gasteiger partial charge in [-0.2, -0.15) is 0 Å². The molecule has 12 nitrogen and oxygen atoms in total. The third-order valence-electron chi connectivity index (χ3n) is 2.75. The largest absolute Gasteiger partial charge is 0.469 e. The minimum Gasteiger partial charge on any atom is -0.469 e. The Morgan fingerprint density at radius 1 is 1.04 bits per heavy atom. The molecule has 26 heavy (non-hydrogen) atoms. The summed E-state index contributed by atoms with van der Waals surface area (Å²) in [5, 5.41) is 17.8. The summed E-state index contributed by atoms with van der Waals surface area (Å²) in [6.07, 6.45) is 3.31. The van der Waals surface area contributed by atoms with E-state index >= 15 is 0 Å². The van der Waals surface area contributed by atoms with Crippen molar-refractivity contribution in [3.63, 3.8) is 0 Å². The zero-order valence-corrected chi connectivity index (χ0v) is 14.8. The summed E-state index contributed by atoms with van der Waals surface area (Å²) < 4.78 is 8.78. The fourth-order valence-corrected chi connectivity index (χ4v) is 1.50. The molecule has 150 valence electrons. The van der Waals surface area contributed by atoms with Gasteiger partial charge < -0.3 is 19.1 Å². The first-order valence-corrected chi connectivity index (χ1v) is 7.59. The molecule has 0 aromatic carbocycles. The van der Waals surface area contributed by atoms with E-state index in [2.05, 4.69) is 25.7 Å². The number of rotatable bonds is 13. The van der Waals surface area contributed by atoms with Gasteiger partial charge in [-0.3, -0.25) is 9.59 Å². The maximum atomic E-state index is 10.7. The molecule has 0 bridgehead atoms. The standard InChI is InChI=1S/C7H12N2O8.C7H12O2/c1-15-7(10)4-2-3-6(17-9(13)14)5-16-8(11)12;1-3-4-5-6-7(8)9-2/h6H,2-5H2,1H3;3H,1,4-6H2,2H3. The summed E-state index contributed by atoms with van der Waals surface area (Å²) in [7, 11) is 2.61. The predicted molar refractivity (Wildman–Crippen MR) is 86.7 cm³/mol. The Morgan fingerprint density at radius 3 is 2.00 bits per heavy atom. The normalized spacial score (nSPS) is 10.4. The fourth-order valence-electron chi connectivity index (χ4n) is 1.50. The number of methoxy groups -OCH3 is 2. The van der Waals surface area contributed by atoms with Crippen LogP contribution in [0.25, 0.3) is 0 Å². The van der Waals surface area contributed by atoms with Gasteiger partial charge >= 0.3 is 11.9 Å². The van der Waals surface area contributed by atoms with Gasteiger partial charge in [0.2, 0.25) is 0 Å². The van der Waals surface area contributed by atoms with Gasteiger partial charge in [0.25, 0.3) is 10.2 Å². The topological polar surface area (TPSA) is 157 Å². The van der Waals surface area contributed by atoms with Crippen molar-refractivity contribution in [1.29, 1.82) is 0 Å². The number of allylic oxidation sites excluding steroid dienone is 1. The van der Waals surface area contributed by atoms with Crippen LogP contribution in [0.3, 0.4) is 0 Å². The van der Waals surface area contributed by atoms with Gasteiger partial charge in [0, 0.05) is 12.8 Å². The van der Waals surface area contributed by atoms with E-state index in [1.165, 1.54) is 14.2 Å². The van der Waals surface area contributed by atoms with E-state index in [1.807, 2.05) is 0 Å². The Hall–Kier alpha value is -2.92. The SMILES string of the molecule is C=CCCCC(=O)OC.COC(=O)CCCC(CO[N+](=O)[O-])O[N+](=O)[O-]. The molecular weight excluding hydrogens is 356 g/mol. The van der Waals surface area contributed by atoms with Crippen molar-refractivity contribution >= 4 is 11.9 Å². The lowest BCUT2D eigenvalue weighted by molar-refractivity contribution is -0.790. The van der Waals surface area contributed by atoms with Crippen molar-refractivity contribution < 1.29 is 38.9 Å². The molecule has 0 rings (SSSR count). The molecule has 0 aromatic rings. The van der Waals surface area contributed by atoms with Gasteiger partial charge in [-0.15, -0.1) is 26.8 Å². The van der Waals surface area contributed by atoms with Crippen LogP contribution in [0.4, 0.5) is 0 Å². The Balaban J connectivity index is 0. The highest BCUT2D eigenvalue weighted by Crippen LogP contribution is 2.07. The van der Waals surface area contributed by atoms with Crippen LogP contribution in [0.2, 0.25) is 0 Å². The smallest absolute Gasteiger partial charge is 0.305 e. The summed E-state index contributed by atoms with van der Waals surface area (Å²) in [5.41, 5.74) is 0. The maximum absolute atomic E-state index is 10.7. The van der Waals surface area contributed by atoms with Crippen molar-refractivity contribution in [3.8, 4) is 0 Å². The maximum Gasteiger partial charge on any atom is 0.305 e. The van der Waals surface area contributed by atoms with E-state index < -0.39 is 28.9 Å². The van der Waals surface area contributed by atoms with Gasteiger partial charge in [-0.05, 0) is 25.7 Å². The van der Waals surface area contributed by atoms with E-state index in [-0.39, 0.29) is 25.2 Å². The molecule has 0 fully saturated rings. The zero-order valence-electron chi connectivity index (χ0n) is 14.8. The Bertz CT molecular complexity index is 455. The van der Waals surface area contributed by atoms with E-state index in [9.17, 15) is 29.8 Å². The Kier molecular flexibility index (Phi) is 16.5. The van der Waals surface area contributed by atoms with Crippen LogP contribution in [0.1, 0.15) is 38.5 Å². The zero-order chi connectivity index (χ0) is 20.4. The first-order chi connectivity index (χ1) is 12.3. The molecule has 0 heterocycles. The van der Waals surface area contributed by atoms with Crippen LogP contribution < -0.4 is 0 Å². The number of carbonyl (C=O) groups is 2. The van der Waals surface area contributed by atoms with Gasteiger partial charge in [0.15, 0.2) is 0 Å². The number of ether oxygens (including phenoxy) is 2. The molecule has 12 heteroatoms. The van der Waals surface area contributed by atoms with Gasteiger partial charge in [0.05, 0.1) is 14.2 Å². The van der Waals surface area contributed by atoms with Crippen molar-refractivity contribution in [2.24, 2.45) is 0 Å². The van der Waals surface area contributed by atoms with E-state index in [1.54, 1.807) is 6.08 Å². The lowest BCUT2D eigenvalue weighted by atomic mass is 10.1. The number of esters is 2. The van der Waals surface area contributed by atoms with Crippen LogP contribution in [0, 0.1) is 20.2 Å². The number of hydrogen-bond donors (Lipinski definition) is 0. The van der Waals surface area contributed by atoms with Crippen molar-refractivity contribution in [2.75, 3.05) is 20.8 Å². The average molecular weight is 380 g/mol. The highest BCUT2D eigenvalue weighted by Gasteiger charge is 2.16. The highest BCUT2D eigenvalue weighted by atomic mass is 17.0. The fraction of sp³-hybridized carbons (Fsp3) is 0.714. The third-order valence-corrected chi connectivity index (χ3v) is 2.75. The summed E-state index contributed by atoms with van der Waals surface area (Å²) in [5.74, 6) is -0.614. The molecule has 0 amide bonds. The molecule has 0 N–H and O–H groups in total.